The van der Waals surface area contributed by atoms with Crippen LogP contribution in [0.3, 0.4) is 0 Å². The van der Waals surface area contributed by atoms with Crippen molar-refractivity contribution >= 4 is 28.4 Å². The molecule has 0 aliphatic carbocycles. The number of amides is 1. The molecule has 0 radical (unpaired) electrons. The standard InChI is InChI=1S/C22H28N8O2/c1-14-11-27(15(2)31)7-8-28(14)19-9-21(29-16-3-4-17(29)13-32-12-16)25-22-18(19)10-24-30(22)20-5-6-23-26-20/h5-6,9-10,14,16-17H,3-4,7-8,11-13H2,1-2H3,(H,23,26)/t14-,16?,17?/m1/s1. The van der Waals surface area contributed by atoms with Gasteiger partial charge in [0.25, 0.3) is 0 Å². The van der Waals surface area contributed by atoms with Gasteiger partial charge in [-0.25, -0.2) is 4.98 Å². The Hall–Kier alpha value is -3.14. The highest BCUT2D eigenvalue weighted by Gasteiger charge is 2.39. The predicted molar refractivity (Wildman–Crippen MR) is 120 cm³/mol. The minimum Gasteiger partial charge on any atom is -0.377 e. The van der Waals surface area contributed by atoms with Crippen molar-refractivity contribution in [3.05, 3.63) is 24.5 Å². The minimum absolute atomic E-state index is 0.133. The lowest BCUT2D eigenvalue weighted by molar-refractivity contribution is -0.129. The summed E-state index contributed by atoms with van der Waals surface area (Å²) in [5.74, 6) is 1.90. The number of pyridine rings is 1. The van der Waals surface area contributed by atoms with E-state index in [0.29, 0.717) is 18.6 Å². The van der Waals surface area contributed by atoms with Crippen molar-refractivity contribution in [3.63, 3.8) is 0 Å². The van der Waals surface area contributed by atoms with Crippen molar-refractivity contribution in [2.45, 2.75) is 44.8 Å². The zero-order chi connectivity index (χ0) is 21.8. The van der Waals surface area contributed by atoms with Crippen LogP contribution in [0.15, 0.2) is 24.5 Å². The highest BCUT2D eigenvalue weighted by atomic mass is 16.5. The Morgan fingerprint density at radius 3 is 2.72 bits per heavy atom. The molecular weight excluding hydrogens is 408 g/mol. The normalized spacial score (nSPS) is 25.7. The van der Waals surface area contributed by atoms with Gasteiger partial charge < -0.3 is 19.4 Å². The van der Waals surface area contributed by atoms with Crippen LogP contribution < -0.4 is 9.80 Å². The molecule has 1 amide bonds. The Balaban J connectivity index is 1.48. The average molecular weight is 437 g/mol. The number of aromatic nitrogens is 5. The Morgan fingerprint density at radius 2 is 2.03 bits per heavy atom. The number of ether oxygens (including phenoxy) is 1. The Morgan fingerprint density at radius 1 is 1.22 bits per heavy atom. The second kappa shape index (κ2) is 7.47. The van der Waals surface area contributed by atoms with Gasteiger partial charge in [-0.2, -0.15) is 14.9 Å². The van der Waals surface area contributed by atoms with Crippen LogP contribution in [0.4, 0.5) is 11.5 Å². The molecule has 3 aromatic rings. The molecule has 6 heterocycles. The number of carbonyl (C=O) groups is 1. The maximum absolute atomic E-state index is 11.9. The van der Waals surface area contributed by atoms with Crippen molar-refractivity contribution in [2.75, 3.05) is 42.6 Å². The molecule has 6 rings (SSSR count). The van der Waals surface area contributed by atoms with Crippen molar-refractivity contribution in [2.24, 2.45) is 0 Å². The summed E-state index contributed by atoms with van der Waals surface area (Å²) in [6.07, 6.45) is 5.87. The molecule has 10 heteroatoms. The summed E-state index contributed by atoms with van der Waals surface area (Å²) >= 11 is 0. The molecule has 3 saturated heterocycles. The largest absolute Gasteiger partial charge is 0.377 e. The monoisotopic (exact) mass is 436 g/mol. The minimum atomic E-state index is 0.133. The van der Waals surface area contributed by atoms with Crippen LogP contribution in [-0.2, 0) is 9.53 Å². The van der Waals surface area contributed by atoms with E-state index in [4.69, 9.17) is 9.72 Å². The number of piperazine rings is 1. The highest BCUT2D eigenvalue weighted by molar-refractivity contribution is 5.92. The maximum atomic E-state index is 11.9. The number of nitrogens with zero attached hydrogens (tertiary/aromatic N) is 7. The number of hydrogen-bond donors (Lipinski definition) is 1. The Kier molecular flexibility index (Phi) is 4.56. The van der Waals surface area contributed by atoms with Gasteiger partial charge >= 0.3 is 0 Å². The number of H-pyrrole nitrogens is 1. The van der Waals surface area contributed by atoms with E-state index in [-0.39, 0.29) is 11.9 Å². The first-order valence-electron chi connectivity index (χ1n) is 11.4. The van der Waals surface area contributed by atoms with Crippen molar-refractivity contribution in [1.29, 1.82) is 0 Å². The van der Waals surface area contributed by atoms with Crippen LogP contribution in [0, 0.1) is 0 Å². The average Bonchev–Trinajstić information content (AvgIpc) is 3.51. The van der Waals surface area contributed by atoms with Gasteiger partial charge in [-0.1, -0.05) is 0 Å². The third-order valence-corrected chi connectivity index (χ3v) is 7.11. The lowest BCUT2D eigenvalue weighted by atomic mass is 10.1. The molecule has 0 aromatic carbocycles. The number of anilines is 2. The second-order valence-corrected chi connectivity index (χ2v) is 9.07. The summed E-state index contributed by atoms with van der Waals surface area (Å²) in [6, 6.07) is 5.04. The van der Waals surface area contributed by atoms with Crippen LogP contribution in [-0.4, -0.2) is 86.7 Å². The maximum Gasteiger partial charge on any atom is 0.219 e. The Labute approximate surface area is 186 Å². The van der Waals surface area contributed by atoms with Crippen molar-refractivity contribution < 1.29 is 9.53 Å². The molecule has 0 spiro atoms. The molecule has 3 aliphatic rings. The van der Waals surface area contributed by atoms with E-state index in [1.807, 2.05) is 21.8 Å². The van der Waals surface area contributed by atoms with Crippen LogP contribution in [0.1, 0.15) is 26.7 Å². The van der Waals surface area contributed by atoms with E-state index < -0.39 is 0 Å². The summed E-state index contributed by atoms with van der Waals surface area (Å²) < 4.78 is 7.64. The second-order valence-electron chi connectivity index (χ2n) is 9.07. The lowest BCUT2D eigenvalue weighted by Crippen LogP contribution is -2.53. The molecule has 0 saturated carbocycles. The fourth-order valence-corrected chi connectivity index (χ4v) is 5.49. The summed E-state index contributed by atoms with van der Waals surface area (Å²) in [5.41, 5.74) is 1.94. The number of carbonyl (C=O) groups excluding carboxylic acids is 1. The van der Waals surface area contributed by atoms with Crippen LogP contribution in [0.5, 0.6) is 0 Å². The Bertz CT molecular complexity index is 1130. The number of morpholine rings is 1. The third-order valence-electron chi connectivity index (χ3n) is 7.11. The molecule has 168 valence electrons. The highest BCUT2D eigenvalue weighted by Crippen LogP contribution is 2.38. The molecule has 10 nitrogen and oxygen atoms in total. The smallest absolute Gasteiger partial charge is 0.219 e. The van der Waals surface area contributed by atoms with E-state index in [1.165, 1.54) is 0 Å². The SMILES string of the molecule is CC(=O)N1CCN(c2cc(N3C4CCC3COC4)nc3c2cnn3-c2ccn[nH]2)[C@H](C)C1. The fourth-order valence-electron chi connectivity index (χ4n) is 5.49. The molecule has 3 aliphatic heterocycles. The van der Waals surface area contributed by atoms with E-state index in [1.54, 1.807) is 13.1 Å². The first kappa shape index (κ1) is 19.5. The number of rotatable bonds is 3. The summed E-state index contributed by atoms with van der Waals surface area (Å²) in [7, 11) is 0. The quantitative estimate of drug-likeness (QED) is 0.666. The molecule has 3 aromatic heterocycles. The third kappa shape index (κ3) is 3.04. The summed E-state index contributed by atoms with van der Waals surface area (Å²) in [6.45, 7) is 7.54. The van der Waals surface area contributed by atoms with Gasteiger partial charge in [0.2, 0.25) is 5.91 Å². The van der Waals surface area contributed by atoms with E-state index >= 15 is 0 Å². The molecule has 3 atom stereocenters. The molecule has 32 heavy (non-hydrogen) atoms. The van der Waals surface area contributed by atoms with Gasteiger partial charge in [-0.15, -0.1) is 0 Å². The zero-order valence-corrected chi connectivity index (χ0v) is 18.4. The molecule has 2 unspecified atom stereocenters. The van der Waals surface area contributed by atoms with Crippen LogP contribution >= 0.6 is 0 Å². The fraction of sp³-hybridized carbons (Fsp3) is 0.545. The summed E-state index contributed by atoms with van der Waals surface area (Å²) in [5, 5.41) is 12.8. The summed E-state index contributed by atoms with van der Waals surface area (Å²) in [4.78, 5) is 23.8. The predicted octanol–water partition coefficient (Wildman–Crippen LogP) is 1.57. The van der Waals surface area contributed by atoms with Crippen LogP contribution in [0.25, 0.3) is 16.9 Å². The molecular formula is C22H28N8O2. The zero-order valence-electron chi connectivity index (χ0n) is 18.4. The number of hydrogen-bond acceptors (Lipinski definition) is 7. The van der Waals surface area contributed by atoms with Gasteiger partial charge in [0.1, 0.15) is 5.82 Å². The van der Waals surface area contributed by atoms with Crippen LogP contribution in [0.2, 0.25) is 0 Å². The first-order chi connectivity index (χ1) is 15.6. The molecule has 2 bridgehead atoms. The van der Waals surface area contributed by atoms with Gasteiger partial charge in [0, 0.05) is 44.7 Å². The lowest BCUT2D eigenvalue weighted by Gasteiger charge is -2.42. The van der Waals surface area contributed by atoms with E-state index in [0.717, 1.165) is 67.5 Å². The van der Waals surface area contributed by atoms with Gasteiger partial charge in [-0.3, -0.25) is 9.89 Å². The molecule has 3 fully saturated rings. The topological polar surface area (TPSA) is 95.4 Å². The number of nitrogens with one attached hydrogen (secondary N) is 1. The van der Waals surface area contributed by atoms with Crippen molar-refractivity contribution in [1.82, 2.24) is 29.9 Å². The van der Waals surface area contributed by atoms with E-state index in [9.17, 15) is 4.79 Å². The molecule has 1 N–H and O–H groups in total. The van der Waals surface area contributed by atoms with Gasteiger partial charge in [0.05, 0.1) is 48.8 Å². The van der Waals surface area contributed by atoms with E-state index in [2.05, 4.69) is 38.1 Å². The first-order valence-corrected chi connectivity index (χ1v) is 11.4. The number of fused-ring (bicyclic) bond motifs is 3. The number of aromatic amines is 1. The van der Waals surface area contributed by atoms with Gasteiger partial charge in [0.15, 0.2) is 11.5 Å². The van der Waals surface area contributed by atoms with Crippen molar-refractivity contribution in [3.8, 4) is 5.82 Å². The van der Waals surface area contributed by atoms with Gasteiger partial charge in [-0.05, 0) is 19.8 Å².